The standard InChI is InChI=1S/C9H4F6O.C8H11NO.C7H6O2/c10-8(11,12)6-1-5(4-16)2-7(3-6)9(13,14)15;9-6-5-7-1-3-8(10)4-2-7;8-7(9)6-4-2-1-3-5-6/h1-4H;1-4,10H,5-6,9H2;1-5H,(H,8,9). The highest BCUT2D eigenvalue weighted by atomic mass is 19.4. The number of hydrogen-bond donors (Lipinski definition) is 3. The monoisotopic (exact) mass is 501 g/mol. The predicted molar refractivity (Wildman–Crippen MR) is 116 cm³/mol. The number of aromatic carboxylic acids is 1. The summed E-state index contributed by atoms with van der Waals surface area (Å²) in [5.74, 6) is -0.573. The molecule has 0 saturated heterocycles. The summed E-state index contributed by atoms with van der Waals surface area (Å²) in [6.07, 6.45) is -9.02. The Morgan fingerprint density at radius 3 is 1.66 bits per heavy atom. The van der Waals surface area contributed by atoms with Gasteiger partial charge in [0.2, 0.25) is 0 Å². The third-order valence-electron chi connectivity index (χ3n) is 4.14. The molecule has 0 fully saturated rings. The molecule has 0 aliphatic heterocycles. The maximum Gasteiger partial charge on any atom is 0.416 e. The second kappa shape index (κ2) is 13.1. The summed E-state index contributed by atoms with van der Waals surface area (Å²) in [5.41, 5.74) is 3.18. The molecular weight excluding hydrogens is 480 g/mol. The molecule has 35 heavy (non-hydrogen) atoms. The van der Waals surface area contributed by atoms with E-state index in [0.29, 0.717) is 30.0 Å². The van der Waals surface area contributed by atoms with Gasteiger partial charge in [0.25, 0.3) is 0 Å². The second-order valence-electron chi connectivity index (χ2n) is 6.83. The molecule has 3 aromatic rings. The van der Waals surface area contributed by atoms with E-state index in [4.69, 9.17) is 15.9 Å². The Hall–Kier alpha value is -3.86. The minimum atomic E-state index is -4.92. The van der Waals surface area contributed by atoms with Crippen LogP contribution in [0, 0.1) is 0 Å². The maximum atomic E-state index is 12.2. The number of hydrogen-bond acceptors (Lipinski definition) is 4. The SMILES string of the molecule is NCCc1ccc(O)cc1.O=C(O)c1ccccc1.O=Cc1cc(C(F)(F)F)cc(C(F)(F)F)c1. The number of benzene rings is 3. The number of aromatic hydroxyl groups is 1. The third-order valence-corrected chi connectivity index (χ3v) is 4.14. The van der Waals surface area contributed by atoms with Gasteiger partial charge in [0.05, 0.1) is 16.7 Å². The lowest BCUT2D eigenvalue weighted by molar-refractivity contribution is -0.143. The normalized spacial score (nSPS) is 10.8. The number of phenolic OH excluding ortho intramolecular Hbond substituents is 1. The molecule has 3 aromatic carbocycles. The van der Waals surface area contributed by atoms with Crippen LogP contribution in [0.15, 0.2) is 72.8 Å². The number of carboxylic acid groups (broad SMARTS) is 1. The molecular formula is C24H21F6NO4. The summed E-state index contributed by atoms with van der Waals surface area (Å²) in [6, 6.07) is 16.1. The minimum absolute atomic E-state index is 0.0347. The molecule has 5 nitrogen and oxygen atoms in total. The van der Waals surface area contributed by atoms with E-state index in [9.17, 15) is 35.9 Å². The highest BCUT2D eigenvalue weighted by molar-refractivity contribution is 5.87. The van der Waals surface area contributed by atoms with Crippen LogP contribution in [0.1, 0.15) is 37.4 Å². The van der Waals surface area contributed by atoms with Crippen LogP contribution in [0.4, 0.5) is 26.3 Å². The number of alkyl halides is 6. The molecule has 0 amide bonds. The molecule has 0 spiro atoms. The van der Waals surface area contributed by atoms with Crippen molar-refractivity contribution in [2.45, 2.75) is 18.8 Å². The summed E-state index contributed by atoms with van der Waals surface area (Å²) in [4.78, 5) is 20.4. The number of carbonyl (C=O) groups is 2. The smallest absolute Gasteiger partial charge is 0.416 e. The molecule has 0 bridgehead atoms. The Labute approximate surface area is 196 Å². The number of halogens is 6. The largest absolute Gasteiger partial charge is 0.508 e. The van der Waals surface area contributed by atoms with Gasteiger partial charge in [-0.15, -0.1) is 0 Å². The molecule has 188 valence electrons. The van der Waals surface area contributed by atoms with Gasteiger partial charge in [-0.3, -0.25) is 4.79 Å². The summed E-state index contributed by atoms with van der Waals surface area (Å²) in [7, 11) is 0. The molecule has 0 unspecified atom stereocenters. The Morgan fingerprint density at radius 1 is 0.829 bits per heavy atom. The number of carboxylic acids is 1. The van der Waals surface area contributed by atoms with Crippen LogP contribution in [0.2, 0.25) is 0 Å². The first kappa shape index (κ1) is 29.2. The van der Waals surface area contributed by atoms with Crippen LogP contribution < -0.4 is 5.73 Å². The number of phenols is 1. The topological polar surface area (TPSA) is 101 Å². The summed E-state index contributed by atoms with van der Waals surface area (Å²) >= 11 is 0. The van der Waals surface area contributed by atoms with E-state index < -0.39 is 35.0 Å². The van der Waals surface area contributed by atoms with Gasteiger partial charge < -0.3 is 15.9 Å². The lowest BCUT2D eigenvalue weighted by Crippen LogP contribution is -2.11. The van der Waals surface area contributed by atoms with Gasteiger partial charge in [-0.2, -0.15) is 26.3 Å². The Kier molecular flexibility index (Phi) is 10.9. The molecule has 11 heteroatoms. The number of nitrogens with two attached hydrogens (primary N) is 1. The number of rotatable bonds is 4. The molecule has 0 radical (unpaired) electrons. The highest BCUT2D eigenvalue weighted by Gasteiger charge is 2.36. The minimum Gasteiger partial charge on any atom is -0.508 e. The van der Waals surface area contributed by atoms with E-state index in [1.807, 2.05) is 12.1 Å². The zero-order chi connectivity index (χ0) is 26.6. The lowest BCUT2D eigenvalue weighted by Gasteiger charge is -2.12. The number of carbonyl (C=O) groups excluding carboxylic acids is 1. The van der Waals surface area contributed by atoms with Gasteiger partial charge >= 0.3 is 18.3 Å². The predicted octanol–water partition coefficient (Wildman–Crippen LogP) is 5.81. The van der Waals surface area contributed by atoms with Crippen LogP contribution in [0.25, 0.3) is 0 Å². The van der Waals surface area contributed by atoms with E-state index in [-0.39, 0.29) is 12.4 Å². The molecule has 0 aromatic heterocycles. The maximum absolute atomic E-state index is 12.2. The average Bonchev–Trinajstić information content (AvgIpc) is 2.81. The first-order chi connectivity index (χ1) is 16.3. The molecule has 0 aliphatic carbocycles. The number of aldehydes is 1. The average molecular weight is 501 g/mol. The van der Waals surface area contributed by atoms with Crippen LogP contribution in [0.5, 0.6) is 5.75 Å². The van der Waals surface area contributed by atoms with Crippen molar-refractivity contribution in [2.75, 3.05) is 6.54 Å². The van der Waals surface area contributed by atoms with Crippen molar-refractivity contribution < 1.29 is 46.1 Å². The van der Waals surface area contributed by atoms with Gasteiger partial charge in [0.1, 0.15) is 12.0 Å². The van der Waals surface area contributed by atoms with Gasteiger partial charge in [-0.1, -0.05) is 30.3 Å². The zero-order valence-corrected chi connectivity index (χ0v) is 18.0. The third kappa shape index (κ3) is 10.7. The van der Waals surface area contributed by atoms with Crippen molar-refractivity contribution in [1.29, 1.82) is 0 Å². The molecule has 3 rings (SSSR count). The van der Waals surface area contributed by atoms with Crippen LogP contribution in [-0.2, 0) is 18.8 Å². The fourth-order valence-electron chi connectivity index (χ4n) is 2.46. The van der Waals surface area contributed by atoms with Crippen molar-refractivity contribution in [2.24, 2.45) is 5.73 Å². The van der Waals surface area contributed by atoms with E-state index in [1.165, 1.54) is 5.56 Å². The summed E-state index contributed by atoms with van der Waals surface area (Å²) in [6.45, 7) is 0.658. The van der Waals surface area contributed by atoms with Crippen molar-refractivity contribution >= 4 is 12.3 Å². The van der Waals surface area contributed by atoms with Gasteiger partial charge in [-0.25, -0.2) is 4.79 Å². The lowest BCUT2D eigenvalue weighted by atomic mass is 10.1. The van der Waals surface area contributed by atoms with E-state index >= 15 is 0 Å². The van der Waals surface area contributed by atoms with Gasteiger partial charge in [0.15, 0.2) is 0 Å². The first-order valence-corrected chi connectivity index (χ1v) is 9.79. The quantitative estimate of drug-likeness (QED) is 0.309. The van der Waals surface area contributed by atoms with Gasteiger partial charge in [0, 0.05) is 5.56 Å². The molecule has 0 heterocycles. The fraction of sp³-hybridized carbons (Fsp3) is 0.167. The molecule has 0 aliphatic rings. The fourth-order valence-corrected chi connectivity index (χ4v) is 2.46. The van der Waals surface area contributed by atoms with E-state index in [2.05, 4.69) is 0 Å². The summed E-state index contributed by atoms with van der Waals surface area (Å²) < 4.78 is 73.1. The van der Waals surface area contributed by atoms with Crippen LogP contribution in [-0.4, -0.2) is 29.0 Å². The van der Waals surface area contributed by atoms with E-state index in [1.54, 1.807) is 42.5 Å². The Bertz CT molecular complexity index is 1050. The zero-order valence-electron chi connectivity index (χ0n) is 18.0. The van der Waals surface area contributed by atoms with Crippen molar-refractivity contribution in [3.63, 3.8) is 0 Å². The van der Waals surface area contributed by atoms with Gasteiger partial charge in [-0.05, 0) is 61.0 Å². The molecule has 4 N–H and O–H groups in total. The van der Waals surface area contributed by atoms with Crippen LogP contribution in [0.3, 0.4) is 0 Å². The Morgan fingerprint density at radius 2 is 1.31 bits per heavy atom. The van der Waals surface area contributed by atoms with Crippen LogP contribution >= 0.6 is 0 Å². The summed E-state index contributed by atoms with van der Waals surface area (Å²) in [5, 5.41) is 17.3. The Balaban J connectivity index is 0.000000278. The van der Waals surface area contributed by atoms with E-state index in [0.717, 1.165) is 6.42 Å². The second-order valence-corrected chi connectivity index (χ2v) is 6.83. The highest BCUT2D eigenvalue weighted by Crippen LogP contribution is 2.35. The molecule has 0 saturated carbocycles. The van der Waals surface area contributed by atoms with Crippen molar-refractivity contribution in [3.8, 4) is 5.75 Å². The molecule has 0 atom stereocenters. The van der Waals surface area contributed by atoms with Crippen molar-refractivity contribution in [1.82, 2.24) is 0 Å². The first-order valence-electron chi connectivity index (χ1n) is 9.79. The van der Waals surface area contributed by atoms with Crippen molar-refractivity contribution in [3.05, 3.63) is 101 Å².